The number of aliphatic hydroxyl groups excluding tert-OH is 1. The third-order valence-electron chi connectivity index (χ3n) is 12.4. The van der Waals surface area contributed by atoms with Gasteiger partial charge in [-0.15, -0.1) is 0 Å². The van der Waals surface area contributed by atoms with E-state index in [-0.39, 0.29) is 24.1 Å². The van der Waals surface area contributed by atoms with E-state index in [9.17, 15) is 36.6 Å². The normalized spacial score (nSPS) is 19.3. The smallest absolute Gasteiger partial charge is 0.390 e. The summed E-state index contributed by atoms with van der Waals surface area (Å²) in [4.78, 5) is 35.7. The van der Waals surface area contributed by atoms with Crippen molar-refractivity contribution in [2.75, 3.05) is 37.7 Å². The first-order valence-corrected chi connectivity index (χ1v) is 21.5. The highest BCUT2D eigenvalue weighted by atomic mass is 19.4. The molecule has 3 unspecified atom stereocenters. The van der Waals surface area contributed by atoms with E-state index in [0.717, 1.165) is 64.3 Å². The minimum atomic E-state index is -4.92. The Bertz CT molecular complexity index is 2330. The average Bonchev–Trinajstić information content (AvgIpc) is 3.84. The van der Waals surface area contributed by atoms with Crippen LogP contribution < -0.4 is 20.9 Å². The second-order valence-corrected chi connectivity index (χ2v) is 17.2. The largest absolute Gasteiger partial charge is 0.396 e. The molecule has 4 N–H and O–H groups in total. The van der Waals surface area contributed by atoms with Crippen molar-refractivity contribution in [2.24, 2.45) is 5.41 Å². The van der Waals surface area contributed by atoms with E-state index in [0.29, 0.717) is 39.5 Å². The van der Waals surface area contributed by atoms with Crippen molar-refractivity contribution < 1.29 is 50.2 Å². The molecule has 4 aromatic rings. The lowest BCUT2D eigenvalue weighted by Crippen LogP contribution is -2.62. The maximum Gasteiger partial charge on any atom is 0.396 e. The van der Waals surface area contributed by atoms with Crippen LogP contribution in [-0.4, -0.2) is 112 Å². The minimum Gasteiger partial charge on any atom is -0.390 e. The molecule has 19 heteroatoms. The van der Waals surface area contributed by atoms with Gasteiger partial charge in [-0.25, -0.2) is 18.4 Å². The molecule has 0 aliphatic carbocycles. The minimum absolute atomic E-state index is 0.0900. The molecule has 0 spiro atoms. The Morgan fingerprint density at radius 3 is 2.12 bits per heavy atom. The van der Waals surface area contributed by atoms with Crippen LogP contribution in [0.2, 0.25) is 0 Å². The highest BCUT2D eigenvalue weighted by molar-refractivity contribution is 5.88. The fraction of sp³-hybridized carbons (Fsp3) is 0.478. The van der Waals surface area contributed by atoms with E-state index in [1.807, 2.05) is 12.1 Å². The zero-order chi connectivity index (χ0) is 46.6. The molecule has 3 fully saturated rings. The number of benzene rings is 2. The lowest BCUT2D eigenvalue weighted by molar-refractivity contribution is -0.221. The molecular weight excluding hydrogens is 862 g/mol. The van der Waals surface area contributed by atoms with E-state index >= 15 is 8.78 Å². The Hall–Kier alpha value is -5.55. The molecule has 65 heavy (non-hydrogen) atoms. The van der Waals surface area contributed by atoms with Gasteiger partial charge in [0.2, 0.25) is 11.8 Å². The molecule has 0 radical (unpaired) electrons. The summed E-state index contributed by atoms with van der Waals surface area (Å²) >= 11 is 0. The van der Waals surface area contributed by atoms with Crippen LogP contribution in [0, 0.1) is 28.9 Å². The molecule has 3 aliphatic rings. The van der Waals surface area contributed by atoms with Gasteiger partial charge in [0.15, 0.2) is 0 Å². The van der Waals surface area contributed by atoms with E-state index in [1.54, 1.807) is 30.5 Å². The summed E-state index contributed by atoms with van der Waals surface area (Å²) in [7, 11) is 0. The Morgan fingerprint density at radius 2 is 1.57 bits per heavy atom. The number of anilines is 1. The number of hydrogen-bond donors (Lipinski definition) is 4. The van der Waals surface area contributed by atoms with Gasteiger partial charge in [0, 0.05) is 79.3 Å². The monoisotopic (exact) mass is 912 g/mol. The van der Waals surface area contributed by atoms with Gasteiger partial charge in [0.05, 0.1) is 42.5 Å². The number of fused-ring (bicyclic) bond motifs is 2. The van der Waals surface area contributed by atoms with Crippen LogP contribution in [-0.2, 0) is 27.3 Å². The fourth-order valence-corrected chi connectivity index (χ4v) is 8.44. The fourth-order valence-electron chi connectivity index (χ4n) is 8.44. The molecule has 5 atom stereocenters. The molecule has 2 aromatic heterocycles. The van der Waals surface area contributed by atoms with Gasteiger partial charge in [-0.05, 0) is 81.1 Å². The first-order chi connectivity index (χ1) is 30.9. The molecule has 5 heterocycles. The number of halogens is 7. The van der Waals surface area contributed by atoms with Crippen molar-refractivity contribution in [1.29, 1.82) is 0 Å². The molecule has 3 saturated heterocycles. The number of alkyl halides is 5. The molecule has 2 bridgehead atoms. The van der Waals surface area contributed by atoms with Crippen molar-refractivity contribution in [3.8, 4) is 23.1 Å². The molecule has 0 saturated carbocycles. The van der Waals surface area contributed by atoms with Crippen LogP contribution in [0.1, 0.15) is 68.8 Å². The van der Waals surface area contributed by atoms with E-state index in [4.69, 9.17) is 9.72 Å². The topological polar surface area (TPSA) is 137 Å². The average molecular weight is 913 g/mol. The Labute approximate surface area is 371 Å². The van der Waals surface area contributed by atoms with Crippen LogP contribution in [0.15, 0.2) is 67.0 Å². The summed E-state index contributed by atoms with van der Waals surface area (Å²) in [5, 5.41) is 22.4. The summed E-state index contributed by atoms with van der Waals surface area (Å²) in [6.07, 6.45) is -1.74. The molecule has 12 nitrogen and oxygen atoms in total. The first-order valence-electron chi connectivity index (χ1n) is 21.5. The van der Waals surface area contributed by atoms with Crippen molar-refractivity contribution >= 4 is 17.6 Å². The number of aliphatic hydroxyl groups is 1. The van der Waals surface area contributed by atoms with Gasteiger partial charge in [-0.2, -0.15) is 27.1 Å². The number of amides is 2. The lowest BCUT2D eigenvalue weighted by Gasteiger charge is -2.47. The summed E-state index contributed by atoms with van der Waals surface area (Å²) in [6.45, 7) is 2.58. The molecule has 2 amide bonds. The van der Waals surface area contributed by atoms with Gasteiger partial charge >= 0.3 is 12.7 Å². The SMILES string of the molecule is CCC(=O)NC(C(=O)N[C@@H](Cc1ccc(C#Cc2ccc(N3CC4CCC(C3)N4C3COC3)nc2)cc1)[C@@H](O)CNCc1c(F)cc(-c2ccn(C(F)F)n2)cc1F)C(C)(C)C(F)(F)F. The van der Waals surface area contributed by atoms with Crippen molar-refractivity contribution in [3.05, 3.63) is 101 Å². The first kappa shape index (κ1) is 47.4. The second-order valence-electron chi connectivity index (χ2n) is 17.2. The number of ether oxygens (including phenoxy) is 1. The highest BCUT2D eigenvalue weighted by Gasteiger charge is 2.55. The zero-order valence-electron chi connectivity index (χ0n) is 36.0. The maximum atomic E-state index is 15.1. The van der Waals surface area contributed by atoms with E-state index in [1.165, 1.54) is 25.8 Å². The van der Waals surface area contributed by atoms with Gasteiger partial charge in [0.25, 0.3) is 0 Å². The standard InChI is InChI=1S/C46H51F7N8O4/c1-4-41(63)57-42(45(2,3)46(51,52)53)43(64)56-38(39(62)22-54-21-34-35(47)18-30(19-36(34)48)37-15-16-60(58-37)44(49)50)17-28-8-5-27(6-9-28)7-10-29-11-14-40(55-20-29)59-23-31-12-13-32(24-59)61(31)33-25-65-26-33/h5-6,8-9,11,14-16,18-20,31-33,38-39,42,44,54,62H,4,12-13,17,21-26H2,1-3H3,(H,56,64)(H,57,63)/t31?,32?,38-,39-,42?/m0/s1. The second kappa shape index (κ2) is 19.9. The van der Waals surface area contributed by atoms with Crippen LogP contribution in [0.4, 0.5) is 36.6 Å². The van der Waals surface area contributed by atoms with Gasteiger partial charge in [-0.3, -0.25) is 14.5 Å². The summed E-state index contributed by atoms with van der Waals surface area (Å²) in [6, 6.07) is 11.8. The Balaban J connectivity index is 1.03. The van der Waals surface area contributed by atoms with Crippen molar-refractivity contribution in [3.63, 3.8) is 0 Å². The quantitative estimate of drug-likeness (QED) is 0.0822. The third-order valence-corrected chi connectivity index (χ3v) is 12.4. The molecule has 2 aromatic carbocycles. The predicted molar refractivity (Wildman–Crippen MR) is 226 cm³/mol. The Morgan fingerprint density at radius 1 is 0.923 bits per heavy atom. The number of aromatic nitrogens is 3. The third kappa shape index (κ3) is 10.9. The predicted octanol–water partition coefficient (Wildman–Crippen LogP) is 5.73. The summed E-state index contributed by atoms with van der Waals surface area (Å²) < 4.78 is 105. The van der Waals surface area contributed by atoms with Crippen LogP contribution >= 0.6 is 0 Å². The van der Waals surface area contributed by atoms with Gasteiger partial charge in [0.1, 0.15) is 23.5 Å². The number of hydrogen-bond acceptors (Lipinski definition) is 9. The number of pyridine rings is 1. The molecular formula is C46H51F7N8O4. The van der Waals surface area contributed by atoms with Crippen molar-refractivity contribution in [1.82, 2.24) is 35.6 Å². The van der Waals surface area contributed by atoms with E-state index in [2.05, 4.69) is 42.7 Å². The highest BCUT2D eigenvalue weighted by Crippen LogP contribution is 2.41. The lowest BCUT2D eigenvalue weighted by atomic mass is 9.82. The Kier molecular flexibility index (Phi) is 14.5. The molecule has 3 aliphatic heterocycles. The van der Waals surface area contributed by atoms with E-state index < -0.39 is 78.4 Å². The van der Waals surface area contributed by atoms with Crippen LogP contribution in [0.5, 0.6) is 0 Å². The number of rotatable bonds is 16. The number of carbonyl (C=O) groups is 2. The van der Waals surface area contributed by atoms with Gasteiger partial charge < -0.3 is 30.7 Å². The van der Waals surface area contributed by atoms with Crippen LogP contribution in [0.3, 0.4) is 0 Å². The number of piperazine rings is 1. The maximum absolute atomic E-state index is 15.1. The summed E-state index contributed by atoms with van der Waals surface area (Å²) in [5.74, 6) is 3.03. The number of nitrogens with one attached hydrogen (secondary N) is 3. The number of nitrogens with zero attached hydrogens (tertiary/aromatic N) is 5. The molecule has 7 rings (SSSR count). The summed E-state index contributed by atoms with van der Waals surface area (Å²) in [5.41, 5.74) is -1.48. The molecule has 348 valence electrons. The zero-order valence-corrected chi connectivity index (χ0v) is 36.0. The number of carbonyl (C=O) groups excluding carboxylic acids is 2. The van der Waals surface area contributed by atoms with Gasteiger partial charge in [-0.1, -0.05) is 30.9 Å². The van der Waals surface area contributed by atoms with Crippen molar-refractivity contribution in [2.45, 2.75) is 102 Å². The van der Waals surface area contributed by atoms with Crippen LogP contribution in [0.25, 0.3) is 11.3 Å².